The van der Waals surface area contributed by atoms with Crippen LogP contribution in [-0.4, -0.2) is 42.1 Å². The summed E-state index contributed by atoms with van der Waals surface area (Å²) in [5, 5.41) is 9.49. The zero-order valence-electron chi connectivity index (χ0n) is 12.5. The first-order valence-electron chi connectivity index (χ1n) is 7.25. The molecule has 1 aliphatic heterocycles. The van der Waals surface area contributed by atoms with Crippen molar-refractivity contribution in [2.24, 2.45) is 0 Å². The number of benzene rings is 1. The lowest BCUT2D eigenvalue weighted by molar-refractivity contribution is 0.235. The van der Waals surface area contributed by atoms with Crippen LogP contribution >= 0.6 is 11.6 Å². The molecule has 1 unspecified atom stereocenters. The van der Waals surface area contributed by atoms with Crippen LogP contribution in [0.4, 0.5) is 4.79 Å². The van der Waals surface area contributed by atoms with Crippen molar-refractivity contribution in [3.8, 4) is 11.4 Å². The lowest BCUT2D eigenvalue weighted by Gasteiger charge is -2.10. The number of aromatic nitrogens is 2. The Kier molecular flexibility index (Phi) is 4.72. The number of carbonyl (C=O) groups excluding carboxylic acids is 1. The minimum absolute atomic E-state index is 0.0301. The molecule has 128 valence electrons. The lowest BCUT2D eigenvalue weighted by Crippen LogP contribution is -2.42. The second kappa shape index (κ2) is 6.78. The van der Waals surface area contributed by atoms with Gasteiger partial charge in [-0.05, 0) is 18.6 Å². The van der Waals surface area contributed by atoms with Crippen molar-refractivity contribution in [1.29, 1.82) is 0 Å². The van der Waals surface area contributed by atoms with Crippen LogP contribution in [0.15, 0.2) is 28.8 Å². The Labute approximate surface area is 143 Å². The van der Waals surface area contributed by atoms with Crippen LogP contribution in [0.5, 0.6) is 0 Å². The largest absolute Gasteiger partial charge is 0.337 e. The Hall–Kier alpha value is -2.13. The number of nitrogens with zero attached hydrogens (tertiary/aromatic N) is 2. The summed E-state index contributed by atoms with van der Waals surface area (Å²) >= 11 is 6.06. The van der Waals surface area contributed by atoms with Crippen molar-refractivity contribution in [2.75, 3.05) is 11.5 Å². The third kappa shape index (κ3) is 4.04. The molecule has 24 heavy (non-hydrogen) atoms. The number of sulfone groups is 1. The number of amides is 2. The SMILES string of the molecule is O=C(NCc1nc(-c2ccccc2Cl)no1)NC1CCS(=O)(=O)C1. The Morgan fingerprint density at radius 3 is 2.88 bits per heavy atom. The van der Waals surface area contributed by atoms with Crippen molar-refractivity contribution >= 4 is 27.5 Å². The third-order valence-corrected chi connectivity index (χ3v) is 5.65. The molecule has 1 atom stereocenters. The van der Waals surface area contributed by atoms with Crippen molar-refractivity contribution in [1.82, 2.24) is 20.8 Å². The number of urea groups is 1. The van der Waals surface area contributed by atoms with E-state index in [0.717, 1.165) is 0 Å². The maximum atomic E-state index is 11.8. The van der Waals surface area contributed by atoms with E-state index in [9.17, 15) is 13.2 Å². The fourth-order valence-corrected chi connectivity index (χ4v) is 4.27. The molecule has 1 aromatic carbocycles. The van der Waals surface area contributed by atoms with Crippen LogP contribution in [0.25, 0.3) is 11.4 Å². The molecule has 0 bridgehead atoms. The maximum absolute atomic E-state index is 11.8. The van der Waals surface area contributed by atoms with Gasteiger partial charge in [0.25, 0.3) is 0 Å². The highest BCUT2D eigenvalue weighted by Gasteiger charge is 2.28. The quantitative estimate of drug-likeness (QED) is 0.840. The van der Waals surface area contributed by atoms with Crippen LogP contribution in [0.1, 0.15) is 12.3 Å². The average Bonchev–Trinajstić information content (AvgIpc) is 3.12. The number of carbonyl (C=O) groups is 1. The van der Waals surface area contributed by atoms with E-state index in [0.29, 0.717) is 22.8 Å². The van der Waals surface area contributed by atoms with Gasteiger partial charge in [0.1, 0.15) is 0 Å². The van der Waals surface area contributed by atoms with Gasteiger partial charge in [0.05, 0.1) is 23.1 Å². The number of hydrogen-bond donors (Lipinski definition) is 2. The van der Waals surface area contributed by atoms with E-state index >= 15 is 0 Å². The molecule has 0 saturated carbocycles. The predicted molar refractivity (Wildman–Crippen MR) is 87.2 cm³/mol. The summed E-state index contributed by atoms with van der Waals surface area (Å²) in [4.78, 5) is 16.0. The molecular formula is C14H15ClN4O4S. The van der Waals surface area contributed by atoms with E-state index in [1.165, 1.54) is 0 Å². The summed E-state index contributed by atoms with van der Waals surface area (Å²) < 4.78 is 27.8. The van der Waals surface area contributed by atoms with Crippen LogP contribution in [-0.2, 0) is 16.4 Å². The standard InChI is InChI=1S/C14H15ClN4O4S/c15-11-4-2-1-3-10(11)13-18-12(23-19-13)7-16-14(20)17-9-5-6-24(21,22)8-9/h1-4,9H,5-8H2,(H2,16,17,20). The van der Waals surface area contributed by atoms with Gasteiger partial charge in [0.15, 0.2) is 9.84 Å². The molecule has 0 spiro atoms. The summed E-state index contributed by atoms with van der Waals surface area (Å²) in [6.45, 7) is 0.0305. The van der Waals surface area contributed by atoms with Gasteiger partial charge < -0.3 is 15.2 Å². The Morgan fingerprint density at radius 1 is 1.38 bits per heavy atom. The van der Waals surface area contributed by atoms with E-state index in [-0.39, 0.29) is 30.0 Å². The van der Waals surface area contributed by atoms with E-state index in [4.69, 9.17) is 16.1 Å². The van der Waals surface area contributed by atoms with Gasteiger partial charge in [0, 0.05) is 11.6 Å². The molecular weight excluding hydrogens is 356 g/mol. The van der Waals surface area contributed by atoms with Gasteiger partial charge in [-0.2, -0.15) is 4.98 Å². The maximum Gasteiger partial charge on any atom is 0.315 e. The Morgan fingerprint density at radius 2 is 2.17 bits per heavy atom. The zero-order valence-corrected chi connectivity index (χ0v) is 14.1. The molecule has 1 aliphatic rings. The van der Waals surface area contributed by atoms with Gasteiger partial charge in [0.2, 0.25) is 11.7 Å². The van der Waals surface area contributed by atoms with E-state index in [1.807, 2.05) is 0 Å². The number of hydrogen-bond acceptors (Lipinski definition) is 6. The van der Waals surface area contributed by atoms with Gasteiger partial charge in [-0.25, -0.2) is 13.2 Å². The monoisotopic (exact) mass is 370 g/mol. The molecule has 10 heteroatoms. The first-order chi connectivity index (χ1) is 11.4. The smallest absolute Gasteiger partial charge is 0.315 e. The first kappa shape index (κ1) is 16.7. The molecule has 1 fully saturated rings. The van der Waals surface area contributed by atoms with E-state index in [2.05, 4.69) is 20.8 Å². The van der Waals surface area contributed by atoms with Crippen LogP contribution < -0.4 is 10.6 Å². The van der Waals surface area contributed by atoms with Crippen LogP contribution in [0.3, 0.4) is 0 Å². The summed E-state index contributed by atoms with van der Waals surface area (Å²) in [6.07, 6.45) is 0.424. The van der Waals surface area contributed by atoms with Crippen molar-refractivity contribution in [3.05, 3.63) is 35.2 Å². The molecule has 2 aromatic rings. The number of nitrogens with one attached hydrogen (secondary N) is 2. The topological polar surface area (TPSA) is 114 Å². The first-order valence-corrected chi connectivity index (χ1v) is 9.45. The fourth-order valence-electron chi connectivity index (χ4n) is 2.38. The number of rotatable bonds is 4. The lowest BCUT2D eigenvalue weighted by atomic mass is 10.2. The second-order valence-corrected chi connectivity index (χ2v) is 8.05. The summed E-state index contributed by atoms with van der Waals surface area (Å²) in [5.41, 5.74) is 0.634. The normalized spacial score (nSPS) is 19.1. The summed E-state index contributed by atoms with van der Waals surface area (Å²) in [7, 11) is -3.04. The van der Waals surface area contributed by atoms with Gasteiger partial charge >= 0.3 is 6.03 Å². The summed E-state index contributed by atoms with van der Waals surface area (Å²) in [6, 6.07) is 6.23. The molecule has 3 rings (SSSR count). The molecule has 2 heterocycles. The third-order valence-electron chi connectivity index (χ3n) is 3.55. The molecule has 8 nitrogen and oxygen atoms in total. The van der Waals surface area contributed by atoms with Gasteiger partial charge in [-0.1, -0.05) is 28.9 Å². The molecule has 0 aliphatic carbocycles. The zero-order chi connectivity index (χ0) is 17.2. The number of halogens is 1. The minimum atomic E-state index is -3.04. The highest BCUT2D eigenvalue weighted by atomic mass is 35.5. The van der Waals surface area contributed by atoms with Crippen LogP contribution in [0.2, 0.25) is 5.02 Å². The molecule has 1 aromatic heterocycles. The Balaban J connectivity index is 1.54. The molecule has 2 N–H and O–H groups in total. The highest BCUT2D eigenvalue weighted by Crippen LogP contribution is 2.24. The average molecular weight is 371 g/mol. The van der Waals surface area contributed by atoms with E-state index < -0.39 is 15.9 Å². The van der Waals surface area contributed by atoms with Crippen molar-refractivity contribution in [3.63, 3.8) is 0 Å². The molecule has 2 amide bonds. The van der Waals surface area contributed by atoms with Crippen molar-refractivity contribution in [2.45, 2.75) is 19.0 Å². The fraction of sp³-hybridized carbons (Fsp3) is 0.357. The predicted octanol–water partition coefficient (Wildman–Crippen LogP) is 1.38. The highest BCUT2D eigenvalue weighted by molar-refractivity contribution is 7.91. The minimum Gasteiger partial charge on any atom is -0.337 e. The summed E-state index contributed by atoms with van der Waals surface area (Å²) in [5.74, 6) is 0.624. The van der Waals surface area contributed by atoms with E-state index in [1.54, 1.807) is 24.3 Å². The molecule has 0 radical (unpaired) electrons. The van der Waals surface area contributed by atoms with Gasteiger partial charge in [-0.3, -0.25) is 0 Å². The van der Waals surface area contributed by atoms with Crippen molar-refractivity contribution < 1.29 is 17.7 Å². The second-order valence-electron chi connectivity index (χ2n) is 5.42. The Bertz CT molecular complexity index is 852. The van der Waals surface area contributed by atoms with Crippen LogP contribution in [0, 0.1) is 0 Å². The van der Waals surface area contributed by atoms with Gasteiger partial charge in [-0.15, -0.1) is 0 Å². The molecule has 1 saturated heterocycles.